The predicted octanol–water partition coefficient (Wildman–Crippen LogP) is 3.47. The van der Waals surface area contributed by atoms with Crippen molar-refractivity contribution >= 4 is 16.9 Å². The third kappa shape index (κ3) is 5.23. The molecule has 33 heavy (non-hydrogen) atoms. The zero-order chi connectivity index (χ0) is 23.2. The van der Waals surface area contributed by atoms with Gasteiger partial charge in [0.15, 0.2) is 5.65 Å². The van der Waals surface area contributed by atoms with Gasteiger partial charge in [-0.15, -0.1) is 10.2 Å². The van der Waals surface area contributed by atoms with Crippen molar-refractivity contribution < 1.29 is 19.4 Å². The molecule has 8 nitrogen and oxygen atoms in total. The van der Waals surface area contributed by atoms with Gasteiger partial charge in [-0.3, -0.25) is 4.79 Å². The number of nitrogens with zero attached hydrogens (tertiary/aromatic N) is 2. The van der Waals surface area contributed by atoms with Crippen molar-refractivity contribution in [2.75, 3.05) is 26.9 Å². The summed E-state index contributed by atoms with van der Waals surface area (Å²) in [5.74, 6) is 0.145. The third-order valence-electron chi connectivity index (χ3n) is 6.09. The van der Waals surface area contributed by atoms with Gasteiger partial charge < -0.3 is 24.9 Å². The first-order valence-corrected chi connectivity index (χ1v) is 11.3. The molecule has 1 aliphatic heterocycles. The topological polar surface area (TPSA) is 109 Å². The van der Waals surface area contributed by atoms with Gasteiger partial charge in [0.05, 0.1) is 18.3 Å². The summed E-state index contributed by atoms with van der Waals surface area (Å²) in [6.45, 7) is 5.30. The Balaban J connectivity index is 1.73. The van der Waals surface area contributed by atoms with Crippen LogP contribution in [0.5, 0.6) is 5.75 Å². The van der Waals surface area contributed by atoms with E-state index in [4.69, 9.17) is 9.47 Å². The second kappa shape index (κ2) is 10.6. The smallest absolute Gasteiger partial charge is 0.243 e. The Labute approximate surface area is 193 Å². The second-order valence-corrected chi connectivity index (χ2v) is 8.33. The molecular formula is C25H30N4O4. The molecule has 1 aromatic carbocycles. The number of benzene rings is 1. The summed E-state index contributed by atoms with van der Waals surface area (Å²) in [4.78, 5) is 15.4. The lowest BCUT2D eigenvalue weighted by molar-refractivity contribution is -0.117. The number of ether oxygens (including phenoxy) is 2. The van der Waals surface area contributed by atoms with E-state index >= 15 is 0 Å². The number of aromatic amines is 1. The molecule has 1 saturated heterocycles. The van der Waals surface area contributed by atoms with Crippen molar-refractivity contribution in [2.24, 2.45) is 0 Å². The quantitative estimate of drug-likeness (QED) is 0.358. The highest BCUT2D eigenvalue weighted by Crippen LogP contribution is 2.36. The van der Waals surface area contributed by atoms with Crippen LogP contribution in [0, 0.1) is 0 Å². The zero-order valence-corrected chi connectivity index (χ0v) is 18.8. The van der Waals surface area contributed by atoms with Gasteiger partial charge in [0.25, 0.3) is 0 Å². The van der Waals surface area contributed by atoms with Crippen LogP contribution in [0.25, 0.3) is 22.3 Å². The van der Waals surface area contributed by atoms with E-state index in [9.17, 15) is 9.90 Å². The largest absolute Gasteiger partial charge is 0.507 e. The number of methoxy groups -OCH3 is 1. The van der Waals surface area contributed by atoms with Crippen molar-refractivity contribution in [3.63, 3.8) is 0 Å². The van der Waals surface area contributed by atoms with Crippen LogP contribution in [0.3, 0.4) is 0 Å². The van der Waals surface area contributed by atoms with E-state index in [1.54, 1.807) is 19.2 Å². The van der Waals surface area contributed by atoms with Crippen LogP contribution in [0.2, 0.25) is 0 Å². The van der Waals surface area contributed by atoms with Crippen LogP contribution in [-0.4, -0.2) is 59.2 Å². The predicted molar refractivity (Wildman–Crippen MR) is 126 cm³/mol. The molecule has 4 rings (SSSR count). The molecule has 0 aliphatic carbocycles. The average Bonchev–Trinajstić information content (AvgIpc) is 3.02. The lowest BCUT2D eigenvalue weighted by atomic mass is 9.90. The van der Waals surface area contributed by atoms with Gasteiger partial charge in [-0.1, -0.05) is 18.7 Å². The first kappa shape index (κ1) is 22.9. The number of aromatic hydroxyl groups is 1. The third-order valence-corrected chi connectivity index (χ3v) is 6.09. The van der Waals surface area contributed by atoms with Gasteiger partial charge in [-0.25, -0.2) is 0 Å². The maximum absolute atomic E-state index is 11.9. The van der Waals surface area contributed by atoms with E-state index in [2.05, 4.69) is 27.1 Å². The van der Waals surface area contributed by atoms with Crippen LogP contribution in [-0.2, 0) is 20.7 Å². The van der Waals surface area contributed by atoms with Crippen LogP contribution in [0.1, 0.15) is 36.4 Å². The van der Waals surface area contributed by atoms with Crippen LogP contribution < -0.4 is 5.32 Å². The lowest BCUT2D eigenvalue weighted by Gasteiger charge is -2.20. The normalized spacial score (nSPS) is 18.7. The number of fused-ring (bicyclic) bond motifs is 1. The fraction of sp³-hybridized carbons (Fsp3) is 0.400. The number of carbonyl (C=O) groups excluding carboxylic acids is 1. The van der Waals surface area contributed by atoms with Crippen molar-refractivity contribution in [1.82, 2.24) is 20.5 Å². The fourth-order valence-corrected chi connectivity index (χ4v) is 4.50. The molecule has 3 N–H and O–H groups in total. The van der Waals surface area contributed by atoms with Crippen molar-refractivity contribution in [1.29, 1.82) is 0 Å². The highest BCUT2D eigenvalue weighted by Gasteiger charge is 2.27. The zero-order valence-electron chi connectivity index (χ0n) is 18.8. The monoisotopic (exact) mass is 450 g/mol. The summed E-state index contributed by atoms with van der Waals surface area (Å²) in [6.07, 6.45) is 4.56. The number of carbonyl (C=O) groups is 1. The number of hydrogen-bond acceptors (Lipinski definition) is 6. The summed E-state index contributed by atoms with van der Waals surface area (Å²) in [5.41, 5.74) is 4.27. The highest BCUT2D eigenvalue weighted by atomic mass is 16.5. The maximum atomic E-state index is 11.9. The summed E-state index contributed by atoms with van der Waals surface area (Å²) in [7, 11) is 1.70. The van der Waals surface area contributed by atoms with Crippen molar-refractivity contribution in [3.05, 3.63) is 54.2 Å². The summed E-state index contributed by atoms with van der Waals surface area (Å²) < 4.78 is 11.1. The van der Waals surface area contributed by atoms with Crippen LogP contribution in [0.4, 0.5) is 0 Å². The molecule has 3 heterocycles. The number of para-hydroxylation sites is 1. The number of phenolic OH excluding ortho intramolecular Hbond substituents is 1. The summed E-state index contributed by atoms with van der Waals surface area (Å²) in [6, 6.07) is 9.02. The number of aryl methyl sites for hydroxylation is 1. The standard InChI is InChI=1S/C25H30N4O4/c1-3-23(31)26-17-13-16(10-12-33-15-17)24-18(8-6-11-32-2)20-14-21(28-29-25(20)27-24)19-7-4-5-9-22(19)30/h3-5,7,9,14,16-17,30H,1,6,8,10-13,15H2,2H3,(H,26,31)(H,27,29)/t16-,17-/m0/s1. The van der Waals surface area contributed by atoms with Gasteiger partial charge in [0.2, 0.25) is 5.91 Å². The van der Waals surface area contributed by atoms with Crippen LogP contribution in [0.15, 0.2) is 43.0 Å². The van der Waals surface area contributed by atoms with Gasteiger partial charge in [0, 0.05) is 42.9 Å². The summed E-state index contributed by atoms with van der Waals surface area (Å²) >= 11 is 0. The average molecular weight is 451 g/mol. The number of phenols is 1. The Morgan fingerprint density at radius 2 is 2.24 bits per heavy atom. The molecule has 0 bridgehead atoms. The molecular weight excluding hydrogens is 420 g/mol. The minimum atomic E-state index is -0.195. The molecule has 2 atom stereocenters. The van der Waals surface area contributed by atoms with E-state index in [1.165, 1.54) is 11.6 Å². The lowest BCUT2D eigenvalue weighted by Crippen LogP contribution is -2.37. The van der Waals surface area contributed by atoms with E-state index in [1.807, 2.05) is 18.2 Å². The molecule has 0 saturated carbocycles. The number of H-pyrrole nitrogens is 1. The van der Waals surface area contributed by atoms with Crippen molar-refractivity contribution in [3.8, 4) is 17.0 Å². The van der Waals surface area contributed by atoms with Gasteiger partial charge in [0.1, 0.15) is 5.75 Å². The van der Waals surface area contributed by atoms with Crippen LogP contribution >= 0.6 is 0 Å². The van der Waals surface area contributed by atoms with E-state index < -0.39 is 0 Å². The molecule has 1 fully saturated rings. The summed E-state index contributed by atoms with van der Waals surface area (Å²) in [5, 5.41) is 23.1. The Morgan fingerprint density at radius 1 is 1.39 bits per heavy atom. The molecule has 1 aliphatic rings. The Kier molecular flexibility index (Phi) is 7.36. The van der Waals surface area contributed by atoms with Gasteiger partial charge >= 0.3 is 0 Å². The van der Waals surface area contributed by atoms with E-state index in [0.29, 0.717) is 36.7 Å². The fourth-order valence-electron chi connectivity index (χ4n) is 4.50. The first-order valence-electron chi connectivity index (χ1n) is 11.3. The second-order valence-electron chi connectivity index (χ2n) is 8.33. The molecule has 0 unspecified atom stereocenters. The minimum absolute atomic E-state index is 0.0934. The first-order chi connectivity index (χ1) is 16.1. The minimum Gasteiger partial charge on any atom is -0.507 e. The van der Waals surface area contributed by atoms with E-state index in [0.717, 1.165) is 36.8 Å². The molecule has 1 amide bonds. The Morgan fingerprint density at radius 3 is 3.03 bits per heavy atom. The number of amides is 1. The molecule has 2 aromatic heterocycles. The van der Waals surface area contributed by atoms with Gasteiger partial charge in [-0.2, -0.15) is 0 Å². The molecule has 3 aromatic rings. The van der Waals surface area contributed by atoms with Crippen molar-refractivity contribution in [2.45, 2.75) is 37.6 Å². The number of hydrogen-bond donors (Lipinski definition) is 3. The Hall–Kier alpha value is -3.23. The maximum Gasteiger partial charge on any atom is 0.243 e. The highest BCUT2D eigenvalue weighted by molar-refractivity contribution is 5.87. The Bertz CT molecular complexity index is 1130. The SMILES string of the molecule is C=CC(=O)N[C@@H]1COCC[C@H](c2[nH]c3nnc(-c4ccccc4O)cc3c2CCCOC)C1. The van der Waals surface area contributed by atoms with Gasteiger partial charge in [-0.05, 0) is 55.5 Å². The van der Waals surface area contributed by atoms with E-state index in [-0.39, 0.29) is 23.6 Å². The molecule has 0 spiro atoms. The molecule has 8 heteroatoms. The number of nitrogens with one attached hydrogen (secondary N) is 2. The number of aromatic nitrogens is 3. The molecule has 0 radical (unpaired) electrons. The number of rotatable bonds is 8. The molecule has 174 valence electrons.